The van der Waals surface area contributed by atoms with Gasteiger partial charge >= 0.3 is 5.97 Å². The minimum atomic E-state index is -1.01. The number of hydrogen-bond acceptors (Lipinski definition) is 5. The minimum Gasteiger partial charge on any atom is -0.489 e. The summed E-state index contributed by atoms with van der Waals surface area (Å²) in [6.45, 7) is 2.04. The van der Waals surface area contributed by atoms with E-state index in [0.717, 1.165) is 30.4 Å². The zero-order chi connectivity index (χ0) is 27.2. The molecule has 2 aromatic carbocycles. The molecule has 0 amide bonds. The van der Waals surface area contributed by atoms with Crippen LogP contribution in [0.15, 0.2) is 60.4 Å². The highest BCUT2D eigenvalue weighted by Crippen LogP contribution is 2.61. The van der Waals surface area contributed by atoms with Crippen LogP contribution in [0, 0.1) is 5.92 Å². The van der Waals surface area contributed by atoms with Crippen LogP contribution in [0.2, 0.25) is 15.1 Å². The maximum Gasteiger partial charge on any atom is 0.337 e. The number of pyridine rings is 1. The van der Waals surface area contributed by atoms with Gasteiger partial charge in [-0.05, 0) is 66.6 Å². The van der Waals surface area contributed by atoms with Crippen molar-refractivity contribution in [2.45, 2.75) is 37.5 Å². The Kier molecular flexibility index (Phi) is 7.16. The lowest BCUT2D eigenvalue weighted by molar-refractivity contribution is -0.116. The first-order chi connectivity index (χ1) is 18.1. The Labute approximate surface area is 235 Å². The van der Waals surface area contributed by atoms with E-state index in [1.165, 1.54) is 6.20 Å². The molecule has 2 atom stereocenters. The number of nitrogens with zero attached hydrogens (tertiary/aromatic N) is 1. The molecule has 0 saturated heterocycles. The predicted molar refractivity (Wildman–Crippen MR) is 148 cm³/mol. The summed E-state index contributed by atoms with van der Waals surface area (Å²) in [5.41, 5.74) is 9.11. The van der Waals surface area contributed by atoms with Gasteiger partial charge in [-0.2, -0.15) is 0 Å². The first-order valence-electron chi connectivity index (χ1n) is 12.2. The van der Waals surface area contributed by atoms with Crippen molar-refractivity contribution >= 4 is 52.3 Å². The van der Waals surface area contributed by atoms with Crippen LogP contribution in [0.1, 0.15) is 59.2 Å². The van der Waals surface area contributed by atoms with Crippen LogP contribution in [0.4, 0.5) is 0 Å². The molecular weight excluding hydrogens is 547 g/mol. The molecule has 2 saturated carbocycles. The molecule has 3 N–H and O–H groups in total. The summed E-state index contributed by atoms with van der Waals surface area (Å²) in [6.07, 6.45) is 5.49. The van der Waals surface area contributed by atoms with Gasteiger partial charge in [0.05, 0.1) is 26.9 Å². The number of aromatic nitrogens is 1. The molecule has 2 aliphatic rings. The number of carbonyl (C=O) groups is 2. The summed E-state index contributed by atoms with van der Waals surface area (Å²) in [7, 11) is 0. The van der Waals surface area contributed by atoms with Crippen molar-refractivity contribution in [1.82, 2.24) is 4.98 Å². The van der Waals surface area contributed by atoms with Gasteiger partial charge in [0, 0.05) is 34.3 Å². The van der Waals surface area contributed by atoms with Crippen molar-refractivity contribution < 1.29 is 19.4 Å². The molecule has 38 heavy (non-hydrogen) atoms. The fourth-order valence-electron chi connectivity index (χ4n) is 4.90. The number of aromatic carboxylic acids is 1. The van der Waals surface area contributed by atoms with Crippen LogP contribution in [0.25, 0.3) is 5.70 Å². The molecule has 2 aliphatic carbocycles. The van der Waals surface area contributed by atoms with E-state index < -0.39 is 5.97 Å². The highest BCUT2D eigenvalue weighted by Gasteiger charge is 2.53. The molecule has 0 bridgehead atoms. The van der Waals surface area contributed by atoms with Crippen molar-refractivity contribution in [1.29, 1.82) is 0 Å². The van der Waals surface area contributed by atoms with E-state index in [9.17, 15) is 14.7 Å². The van der Waals surface area contributed by atoms with Gasteiger partial charge in [0.1, 0.15) is 12.4 Å². The Morgan fingerprint density at radius 3 is 2.42 bits per heavy atom. The van der Waals surface area contributed by atoms with E-state index in [1.54, 1.807) is 36.5 Å². The summed E-state index contributed by atoms with van der Waals surface area (Å²) in [4.78, 5) is 28.5. The normalized spacial score (nSPS) is 21.0. The number of ether oxygens (including phenoxy) is 1. The first-order valence-corrected chi connectivity index (χ1v) is 13.3. The van der Waals surface area contributed by atoms with Gasteiger partial charge in [-0.1, -0.05) is 53.9 Å². The average molecular weight is 572 g/mol. The first kappa shape index (κ1) is 26.5. The number of ketones is 1. The van der Waals surface area contributed by atoms with Crippen LogP contribution < -0.4 is 10.5 Å². The zero-order valence-corrected chi connectivity index (χ0v) is 22.8. The third-order valence-corrected chi connectivity index (χ3v) is 8.33. The molecule has 2 fully saturated rings. The van der Waals surface area contributed by atoms with Crippen LogP contribution in [-0.2, 0) is 10.2 Å². The maximum absolute atomic E-state index is 13.1. The molecule has 0 aliphatic heterocycles. The predicted octanol–water partition coefficient (Wildman–Crippen LogP) is 6.91. The van der Waals surface area contributed by atoms with Gasteiger partial charge in [-0.25, -0.2) is 4.79 Å². The van der Waals surface area contributed by atoms with E-state index >= 15 is 0 Å². The molecular formula is C29H25Cl3N2O4. The summed E-state index contributed by atoms with van der Waals surface area (Å²) < 4.78 is 6.01. The molecule has 1 aromatic heterocycles. The number of carbonyl (C=O) groups excluding carboxylic acids is 1. The second-order valence-electron chi connectivity index (χ2n) is 10.0. The number of hydrogen-bond donors (Lipinski definition) is 2. The van der Waals surface area contributed by atoms with Gasteiger partial charge in [0.25, 0.3) is 0 Å². The Balaban J connectivity index is 1.37. The van der Waals surface area contributed by atoms with Crippen LogP contribution >= 0.6 is 34.8 Å². The number of Topliss-reactive ketones (excluding diaryl/α,β-unsaturated/α-hetero) is 1. The van der Waals surface area contributed by atoms with Crippen LogP contribution in [-0.4, -0.2) is 28.4 Å². The van der Waals surface area contributed by atoms with Crippen molar-refractivity contribution in [3.05, 3.63) is 97.8 Å². The fourth-order valence-corrected chi connectivity index (χ4v) is 5.88. The molecule has 196 valence electrons. The average Bonchev–Trinajstić information content (AvgIpc) is 3.80. The number of benzene rings is 2. The fraction of sp³-hybridized carbons (Fsp3) is 0.276. The van der Waals surface area contributed by atoms with Crippen LogP contribution in [0.3, 0.4) is 0 Å². The molecule has 0 radical (unpaired) electrons. The second kappa shape index (κ2) is 10.3. The largest absolute Gasteiger partial charge is 0.489 e. The lowest BCUT2D eigenvalue weighted by Crippen LogP contribution is -2.18. The molecule has 1 heterocycles. The minimum absolute atomic E-state index is 0.0497. The van der Waals surface area contributed by atoms with Crippen molar-refractivity contribution in [2.24, 2.45) is 11.7 Å². The summed E-state index contributed by atoms with van der Waals surface area (Å²) in [5.74, 6) is -0.545. The van der Waals surface area contributed by atoms with Crippen LogP contribution in [0.5, 0.6) is 5.75 Å². The standard InChI is InChI=1S/C29H25Cl3N2O4/c1-29(11-21(29)16-9-17(28(36)37)13-34-12-16)20-8-7-18(10-24(20)32)38-14-19(27(35)15-5-6-15)26(33)25-22(30)3-2-4-23(25)31/h2-4,7-10,12-13,15,21H,5-6,11,14,33H2,1H3,(H,36,37). The summed E-state index contributed by atoms with van der Waals surface area (Å²) in [5, 5.41) is 10.5. The number of nitrogens with two attached hydrogens (primary N) is 1. The highest BCUT2D eigenvalue weighted by molar-refractivity contribution is 6.37. The van der Waals surface area contributed by atoms with Crippen molar-refractivity contribution in [3.63, 3.8) is 0 Å². The van der Waals surface area contributed by atoms with Gasteiger partial charge in [-0.3, -0.25) is 9.78 Å². The highest BCUT2D eigenvalue weighted by atomic mass is 35.5. The van der Waals surface area contributed by atoms with Crippen molar-refractivity contribution in [2.75, 3.05) is 6.61 Å². The topological polar surface area (TPSA) is 103 Å². The Bertz CT molecular complexity index is 1460. The van der Waals surface area contributed by atoms with E-state index in [4.69, 9.17) is 45.3 Å². The third-order valence-electron chi connectivity index (χ3n) is 7.39. The number of rotatable bonds is 9. The van der Waals surface area contributed by atoms with Gasteiger partial charge in [-0.15, -0.1) is 0 Å². The molecule has 9 heteroatoms. The third kappa shape index (κ3) is 5.13. The van der Waals surface area contributed by atoms with Crippen molar-refractivity contribution in [3.8, 4) is 5.75 Å². The summed E-state index contributed by atoms with van der Waals surface area (Å²) >= 11 is 19.4. The second-order valence-corrected chi connectivity index (χ2v) is 11.3. The number of carboxylic acids is 1. The SMILES string of the molecule is CC1(c2ccc(OCC(C(=O)C3CC3)=C(N)c3c(Cl)cccc3Cl)cc2Cl)CC1c1cncc(C(=O)O)c1. The Hall–Kier alpha value is -3.06. The molecule has 5 rings (SSSR count). The smallest absolute Gasteiger partial charge is 0.337 e. The summed E-state index contributed by atoms with van der Waals surface area (Å²) in [6, 6.07) is 12.2. The van der Waals surface area contributed by atoms with E-state index in [0.29, 0.717) is 32.0 Å². The maximum atomic E-state index is 13.1. The monoisotopic (exact) mass is 570 g/mol. The van der Waals surface area contributed by atoms with E-state index in [-0.39, 0.29) is 40.9 Å². The van der Waals surface area contributed by atoms with Gasteiger partial charge < -0.3 is 15.6 Å². The molecule has 3 aromatic rings. The Morgan fingerprint density at radius 1 is 1.08 bits per heavy atom. The molecule has 2 unspecified atom stereocenters. The van der Waals surface area contributed by atoms with E-state index in [2.05, 4.69) is 11.9 Å². The lowest BCUT2D eigenvalue weighted by Gasteiger charge is -2.17. The quantitative estimate of drug-likeness (QED) is 0.271. The van der Waals surface area contributed by atoms with E-state index in [1.807, 2.05) is 12.1 Å². The Morgan fingerprint density at radius 2 is 1.79 bits per heavy atom. The zero-order valence-electron chi connectivity index (χ0n) is 20.5. The number of carboxylic acid groups (broad SMARTS) is 1. The molecule has 6 nitrogen and oxygen atoms in total. The van der Waals surface area contributed by atoms with Gasteiger partial charge in [0.2, 0.25) is 0 Å². The lowest BCUT2D eigenvalue weighted by atomic mass is 9.92. The molecule has 0 spiro atoms. The van der Waals surface area contributed by atoms with Gasteiger partial charge in [0.15, 0.2) is 5.78 Å². The number of halogens is 3.